The number of hydrogen-bond donors (Lipinski definition) is 2. The van der Waals surface area contributed by atoms with E-state index >= 15 is 0 Å². The molecule has 2 rings (SSSR count). The summed E-state index contributed by atoms with van der Waals surface area (Å²) >= 11 is 3.43. The van der Waals surface area contributed by atoms with E-state index in [1.54, 1.807) is 13.2 Å². The Bertz CT molecular complexity index is 403. The Morgan fingerprint density at radius 3 is 3.17 bits per heavy atom. The first kappa shape index (κ1) is 13.5. The second-order valence-corrected chi connectivity index (χ2v) is 5.13. The van der Waals surface area contributed by atoms with E-state index in [4.69, 9.17) is 4.74 Å². The molecular formula is C11H18BrN5O. The van der Waals surface area contributed by atoms with Crippen molar-refractivity contribution in [3.8, 4) is 0 Å². The van der Waals surface area contributed by atoms with Crippen molar-refractivity contribution in [2.75, 3.05) is 51.0 Å². The highest BCUT2D eigenvalue weighted by molar-refractivity contribution is 9.10. The molecule has 1 aliphatic heterocycles. The fourth-order valence-electron chi connectivity index (χ4n) is 1.81. The number of aromatic nitrogens is 2. The van der Waals surface area contributed by atoms with E-state index in [0.717, 1.165) is 36.5 Å². The van der Waals surface area contributed by atoms with Crippen LogP contribution in [0.5, 0.6) is 0 Å². The normalized spacial score (nSPS) is 20.7. The predicted molar refractivity (Wildman–Crippen MR) is 75.0 cm³/mol. The first-order valence-corrected chi connectivity index (χ1v) is 6.72. The molecule has 1 unspecified atom stereocenters. The number of ether oxygens (including phenoxy) is 1. The number of morpholine rings is 1. The van der Waals surface area contributed by atoms with Crippen LogP contribution >= 0.6 is 15.9 Å². The van der Waals surface area contributed by atoms with E-state index < -0.39 is 0 Å². The second-order valence-electron chi connectivity index (χ2n) is 4.28. The number of likely N-dealkylation sites (N-methyl/N-ethyl adjacent to an activating group) is 1. The van der Waals surface area contributed by atoms with Gasteiger partial charge in [-0.15, -0.1) is 0 Å². The van der Waals surface area contributed by atoms with Crippen LogP contribution in [0, 0.1) is 0 Å². The summed E-state index contributed by atoms with van der Waals surface area (Å²) in [6, 6.07) is 0. The highest BCUT2D eigenvalue weighted by Gasteiger charge is 2.17. The van der Waals surface area contributed by atoms with Crippen molar-refractivity contribution in [1.82, 2.24) is 14.9 Å². The molecular weight excluding hydrogens is 298 g/mol. The summed E-state index contributed by atoms with van der Waals surface area (Å²) < 4.78 is 6.54. The molecule has 0 saturated carbocycles. The Hall–Kier alpha value is -0.920. The third-order valence-electron chi connectivity index (χ3n) is 2.81. The molecule has 2 N–H and O–H groups in total. The van der Waals surface area contributed by atoms with Crippen LogP contribution in [-0.2, 0) is 4.74 Å². The van der Waals surface area contributed by atoms with E-state index in [9.17, 15) is 0 Å². The topological polar surface area (TPSA) is 62.3 Å². The van der Waals surface area contributed by atoms with E-state index in [2.05, 4.69) is 48.5 Å². The molecule has 0 aromatic carbocycles. The number of anilines is 2. The van der Waals surface area contributed by atoms with E-state index in [1.165, 1.54) is 0 Å². The summed E-state index contributed by atoms with van der Waals surface area (Å²) in [7, 11) is 3.90. The molecule has 0 amide bonds. The SMILES string of the molecule is CNc1ncc(Br)c(NCC2CN(C)CCO2)n1. The third kappa shape index (κ3) is 3.54. The molecule has 6 nitrogen and oxygen atoms in total. The molecule has 1 aromatic rings. The standard InChI is InChI=1S/C11H18BrN5O/c1-13-11-15-6-9(12)10(16-11)14-5-8-7-17(2)3-4-18-8/h6,8H,3-5,7H2,1-2H3,(H2,13,14,15,16). The molecule has 18 heavy (non-hydrogen) atoms. The fraction of sp³-hybridized carbons (Fsp3) is 0.636. The van der Waals surface area contributed by atoms with E-state index in [1.807, 2.05) is 0 Å². The molecule has 2 heterocycles. The minimum atomic E-state index is 0.198. The van der Waals surface area contributed by atoms with Gasteiger partial charge in [0, 0.05) is 32.9 Å². The Balaban J connectivity index is 1.92. The van der Waals surface area contributed by atoms with Crippen molar-refractivity contribution in [3.05, 3.63) is 10.7 Å². The maximum Gasteiger partial charge on any atom is 0.224 e. The van der Waals surface area contributed by atoms with Crippen LogP contribution in [0.25, 0.3) is 0 Å². The Morgan fingerprint density at radius 2 is 2.44 bits per heavy atom. The monoisotopic (exact) mass is 315 g/mol. The zero-order chi connectivity index (χ0) is 13.0. The van der Waals surface area contributed by atoms with Crippen LogP contribution < -0.4 is 10.6 Å². The van der Waals surface area contributed by atoms with Gasteiger partial charge in [-0.2, -0.15) is 4.98 Å². The van der Waals surface area contributed by atoms with Gasteiger partial charge >= 0.3 is 0 Å². The third-order valence-corrected chi connectivity index (χ3v) is 3.39. The van der Waals surface area contributed by atoms with Gasteiger partial charge < -0.3 is 20.3 Å². The molecule has 100 valence electrons. The van der Waals surface area contributed by atoms with Gasteiger partial charge in [0.05, 0.1) is 17.2 Å². The number of nitrogens with zero attached hydrogens (tertiary/aromatic N) is 3. The summed E-state index contributed by atoms with van der Waals surface area (Å²) in [6.07, 6.45) is 1.93. The van der Waals surface area contributed by atoms with Gasteiger partial charge in [-0.25, -0.2) is 4.98 Å². The number of halogens is 1. The van der Waals surface area contributed by atoms with Crippen molar-refractivity contribution < 1.29 is 4.74 Å². The van der Waals surface area contributed by atoms with Crippen molar-refractivity contribution >= 4 is 27.7 Å². The van der Waals surface area contributed by atoms with Gasteiger partial charge in [0.25, 0.3) is 0 Å². The largest absolute Gasteiger partial charge is 0.374 e. The van der Waals surface area contributed by atoms with Crippen molar-refractivity contribution in [2.24, 2.45) is 0 Å². The van der Waals surface area contributed by atoms with E-state index in [0.29, 0.717) is 5.95 Å². The molecule has 1 fully saturated rings. The minimum Gasteiger partial charge on any atom is -0.374 e. The van der Waals surface area contributed by atoms with Gasteiger partial charge in [-0.05, 0) is 23.0 Å². The lowest BCUT2D eigenvalue weighted by atomic mass is 10.3. The number of rotatable bonds is 4. The highest BCUT2D eigenvalue weighted by atomic mass is 79.9. The number of hydrogen-bond acceptors (Lipinski definition) is 6. The van der Waals surface area contributed by atoms with Gasteiger partial charge in [0.1, 0.15) is 5.82 Å². The van der Waals surface area contributed by atoms with Crippen LogP contribution in [-0.4, -0.2) is 61.3 Å². The lowest BCUT2D eigenvalue weighted by Gasteiger charge is -2.30. The maximum atomic E-state index is 5.69. The average molecular weight is 316 g/mol. The lowest BCUT2D eigenvalue weighted by Crippen LogP contribution is -2.43. The number of nitrogens with one attached hydrogen (secondary N) is 2. The molecule has 1 aromatic heterocycles. The molecule has 0 bridgehead atoms. The van der Waals surface area contributed by atoms with Crippen molar-refractivity contribution in [3.63, 3.8) is 0 Å². The van der Waals surface area contributed by atoms with Crippen LogP contribution in [0.4, 0.5) is 11.8 Å². The van der Waals surface area contributed by atoms with Gasteiger partial charge in [-0.1, -0.05) is 0 Å². The van der Waals surface area contributed by atoms with Gasteiger partial charge in [-0.3, -0.25) is 0 Å². The van der Waals surface area contributed by atoms with Crippen LogP contribution in [0.15, 0.2) is 10.7 Å². The van der Waals surface area contributed by atoms with E-state index in [-0.39, 0.29) is 6.10 Å². The zero-order valence-electron chi connectivity index (χ0n) is 10.6. The summed E-state index contributed by atoms with van der Waals surface area (Å²) in [6.45, 7) is 3.46. The Kier molecular flexibility index (Phi) is 4.73. The highest BCUT2D eigenvalue weighted by Crippen LogP contribution is 2.20. The quantitative estimate of drug-likeness (QED) is 0.865. The molecule has 1 aliphatic rings. The Labute approximate surface area is 115 Å². The molecule has 0 spiro atoms. The van der Waals surface area contributed by atoms with Crippen LogP contribution in [0.1, 0.15) is 0 Å². The van der Waals surface area contributed by atoms with Crippen LogP contribution in [0.2, 0.25) is 0 Å². The first-order chi connectivity index (χ1) is 8.69. The van der Waals surface area contributed by atoms with Crippen molar-refractivity contribution in [1.29, 1.82) is 0 Å². The van der Waals surface area contributed by atoms with Crippen LogP contribution in [0.3, 0.4) is 0 Å². The second kappa shape index (κ2) is 6.31. The summed E-state index contributed by atoms with van der Waals surface area (Å²) in [5.41, 5.74) is 0. The molecule has 7 heteroatoms. The molecule has 0 aliphatic carbocycles. The maximum absolute atomic E-state index is 5.69. The summed E-state index contributed by atoms with van der Waals surface area (Å²) in [5, 5.41) is 6.21. The Morgan fingerprint density at radius 1 is 1.61 bits per heavy atom. The predicted octanol–water partition coefficient (Wildman–Crippen LogP) is 1.02. The minimum absolute atomic E-state index is 0.198. The molecule has 0 radical (unpaired) electrons. The lowest BCUT2D eigenvalue weighted by molar-refractivity contribution is -0.0117. The molecule has 1 atom stereocenters. The molecule has 1 saturated heterocycles. The zero-order valence-corrected chi connectivity index (χ0v) is 12.2. The smallest absolute Gasteiger partial charge is 0.224 e. The summed E-state index contributed by atoms with van der Waals surface area (Å²) in [4.78, 5) is 10.7. The average Bonchev–Trinajstić information content (AvgIpc) is 2.38. The van der Waals surface area contributed by atoms with Crippen molar-refractivity contribution in [2.45, 2.75) is 6.10 Å². The fourth-order valence-corrected chi connectivity index (χ4v) is 2.14. The first-order valence-electron chi connectivity index (χ1n) is 5.93. The van der Waals surface area contributed by atoms with Gasteiger partial charge in [0.15, 0.2) is 0 Å². The van der Waals surface area contributed by atoms with Gasteiger partial charge in [0.2, 0.25) is 5.95 Å². The summed E-state index contributed by atoms with van der Waals surface area (Å²) in [5.74, 6) is 1.38.